The van der Waals surface area contributed by atoms with Crippen molar-refractivity contribution in [1.82, 2.24) is 4.90 Å². The predicted molar refractivity (Wildman–Crippen MR) is 104 cm³/mol. The van der Waals surface area contributed by atoms with Crippen LogP contribution in [0, 0.1) is 5.82 Å². The van der Waals surface area contributed by atoms with E-state index >= 15 is 0 Å². The molecule has 0 aromatic heterocycles. The monoisotopic (exact) mass is 393 g/mol. The topological polar surface area (TPSA) is 30.9 Å². The van der Waals surface area contributed by atoms with Gasteiger partial charge in [-0.2, -0.15) is 0 Å². The van der Waals surface area contributed by atoms with Crippen LogP contribution in [0.25, 0.3) is 0 Å². The minimum absolute atomic E-state index is 0.260. The first kappa shape index (κ1) is 19.9. The summed E-state index contributed by atoms with van der Waals surface area (Å²) in [4.78, 5) is 2.42. The van der Waals surface area contributed by atoms with Crippen molar-refractivity contribution in [1.29, 1.82) is 0 Å². The van der Waals surface area contributed by atoms with Gasteiger partial charge in [-0.3, -0.25) is 4.90 Å². The van der Waals surface area contributed by atoms with Crippen LogP contribution in [0.3, 0.4) is 0 Å². The largest absolute Gasteiger partial charge is 0.493 e. The van der Waals surface area contributed by atoms with Crippen LogP contribution in [0.4, 0.5) is 4.39 Å². The maximum atomic E-state index is 13.2. The first-order chi connectivity index (χ1) is 13.2. The fraction of sp³-hybridized carbons (Fsp3) is 0.429. The number of hydrogen-bond donors (Lipinski definition) is 0. The van der Waals surface area contributed by atoms with Crippen LogP contribution in [0.2, 0.25) is 5.02 Å². The predicted octanol–water partition coefficient (Wildman–Crippen LogP) is 4.33. The lowest BCUT2D eigenvalue weighted by Gasteiger charge is -2.26. The van der Waals surface area contributed by atoms with E-state index in [1.165, 1.54) is 12.1 Å². The molecular formula is C21H25ClFNO3. The quantitative estimate of drug-likeness (QED) is 0.668. The second kappa shape index (κ2) is 9.93. The zero-order chi connectivity index (χ0) is 19.1. The summed E-state index contributed by atoms with van der Waals surface area (Å²) in [5, 5.41) is 0.360. The van der Waals surface area contributed by atoms with Crippen LogP contribution >= 0.6 is 11.6 Å². The van der Waals surface area contributed by atoms with Gasteiger partial charge in [-0.05, 0) is 43.1 Å². The Balaban J connectivity index is 1.65. The van der Waals surface area contributed by atoms with Gasteiger partial charge in [-0.15, -0.1) is 0 Å². The summed E-state index contributed by atoms with van der Waals surface area (Å²) in [6.07, 6.45) is 1.92. The summed E-state index contributed by atoms with van der Waals surface area (Å²) in [6, 6.07) is 10.2. The van der Waals surface area contributed by atoms with Crippen molar-refractivity contribution in [3.8, 4) is 11.5 Å². The number of ether oxygens (including phenoxy) is 3. The molecule has 0 radical (unpaired) electrons. The van der Waals surface area contributed by atoms with E-state index in [1.54, 1.807) is 13.2 Å². The molecular weight excluding hydrogens is 369 g/mol. The molecule has 146 valence electrons. The first-order valence-electron chi connectivity index (χ1n) is 9.20. The van der Waals surface area contributed by atoms with Crippen molar-refractivity contribution in [3.63, 3.8) is 0 Å². The van der Waals surface area contributed by atoms with Gasteiger partial charge in [0.05, 0.1) is 25.3 Å². The highest BCUT2D eigenvalue weighted by Crippen LogP contribution is 2.33. The number of aryl methyl sites for hydroxylation is 1. The number of benzene rings is 2. The molecule has 0 amide bonds. The molecule has 2 aromatic rings. The van der Waals surface area contributed by atoms with Gasteiger partial charge in [0.15, 0.2) is 11.5 Å². The van der Waals surface area contributed by atoms with E-state index in [0.717, 1.165) is 62.6 Å². The standard InChI is InChI=1S/C21H25ClFNO3/c1-25-20-6-2-4-16(5-3-9-24-10-12-26-13-11-24)21(20)27-15-17-7-8-18(23)14-19(17)22/h2,4,6-8,14H,3,5,9-13,15H2,1H3. The number of halogens is 2. The molecule has 1 aliphatic heterocycles. The molecule has 27 heavy (non-hydrogen) atoms. The molecule has 1 saturated heterocycles. The highest BCUT2D eigenvalue weighted by Gasteiger charge is 2.14. The van der Waals surface area contributed by atoms with E-state index in [4.69, 9.17) is 25.8 Å². The zero-order valence-electron chi connectivity index (χ0n) is 15.5. The molecule has 0 N–H and O–H groups in total. The molecule has 1 fully saturated rings. The van der Waals surface area contributed by atoms with Gasteiger partial charge >= 0.3 is 0 Å². The Hall–Kier alpha value is -1.82. The van der Waals surface area contributed by atoms with Gasteiger partial charge in [0.1, 0.15) is 12.4 Å². The van der Waals surface area contributed by atoms with Crippen LogP contribution in [-0.4, -0.2) is 44.9 Å². The third-order valence-electron chi connectivity index (χ3n) is 4.69. The van der Waals surface area contributed by atoms with Crippen LogP contribution in [0.15, 0.2) is 36.4 Å². The third kappa shape index (κ3) is 5.58. The summed E-state index contributed by atoms with van der Waals surface area (Å²) < 4.78 is 30.1. The number of para-hydroxylation sites is 1. The first-order valence-corrected chi connectivity index (χ1v) is 9.58. The molecule has 1 aliphatic rings. The van der Waals surface area contributed by atoms with Crippen LogP contribution in [0.1, 0.15) is 17.5 Å². The normalized spacial score (nSPS) is 14.9. The summed E-state index contributed by atoms with van der Waals surface area (Å²) in [5.74, 6) is 1.06. The maximum Gasteiger partial charge on any atom is 0.164 e. The molecule has 1 heterocycles. The fourth-order valence-electron chi connectivity index (χ4n) is 3.19. The fourth-order valence-corrected chi connectivity index (χ4v) is 3.41. The molecule has 2 aromatic carbocycles. The van der Waals surface area contributed by atoms with Gasteiger partial charge in [-0.25, -0.2) is 4.39 Å². The highest BCUT2D eigenvalue weighted by atomic mass is 35.5. The van der Waals surface area contributed by atoms with Gasteiger partial charge in [0.25, 0.3) is 0 Å². The van der Waals surface area contributed by atoms with Crippen LogP contribution in [-0.2, 0) is 17.8 Å². The van der Waals surface area contributed by atoms with Crippen LogP contribution in [0.5, 0.6) is 11.5 Å². The van der Waals surface area contributed by atoms with E-state index in [0.29, 0.717) is 10.8 Å². The Bertz CT molecular complexity index is 750. The highest BCUT2D eigenvalue weighted by molar-refractivity contribution is 6.31. The van der Waals surface area contributed by atoms with Gasteiger partial charge in [0.2, 0.25) is 0 Å². The lowest BCUT2D eigenvalue weighted by molar-refractivity contribution is 0.0374. The molecule has 0 aliphatic carbocycles. The number of morpholine rings is 1. The summed E-state index contributed by atoms with van der Waals surface area (Å²) in [6.45, 7) is 4.90. The second-order valence-corrected chi connectivity index (χ2v) is 6.94. The van der Waals surface area contributed by atoms with Gasteiger partial charge in [-0.1, -0.05) is 29.8 Å². The Morgan fingerprint density at radius 3 is 2.70 bits per heavy atom. The van der Waals surface area contributed by atoms with E-state index in [9.17, 15) is 4.39 Å². The number of rotatable bonds is 8. The Morgan fingerprint density at radius 1 is 1.15 bits per heavy atom. The zero-order valence-corrected chi connectivity index (χ0v) is 16.3. The van der Waals surface area contributed by atoms with Crippen LogP contribution < -0.4 is 9.47 Å². The van der Waals surface area contributed by atoms with Gasteiger partial charge < -0.3 is 14.2 Å². The van der Waals surface area contributed by atoms with E-state index in [-0.39, 0.29) is 12.4 Å². The maximum absolute atomic E-state index is 13.2. The third-order valence-corrected chi connectivity index (χ3v) is 5.04. The molecule has 3 rings (SSSR count). The van der Waals surface area contributed by atoms with Crippen molar-refractivity contribution >= 4 is 11.6 Å². The Labute approximate surface area is 164 Å². The Kier molecular flexibility index (Phi) is 7.33. The number of methoxy groups -OCH3 is 1. The van der Waals surface area contributed by atoms with Crippen molar-refractivity contribution < 1.29 is 18.6 Å². The summed E-state index contributed by atoms with van der Waals surface area (Å²) in [5.41, 5.74) is 1.84. The van der Waals surface area contributed by atoms with Crippen molar-refractivity contribution in [2.24, 2.45) is 0 Å². The molecule has 6 heteroatoms. The molecule has 0 saturated carbocycles. The van der Waals surface area contributed by atoms with Crippen molar-refractivity contribution in [3.05, 3.63) is 58.4 Å². The molecule has 0 spiro atoms. The minimum Gasteiger partial charge on any atom is -0.493 e. The van der Waals surface area contributed by atoms with E-state index in [2.05, 4.69) is 11.0 Å². The SMILES string of the molecule is COc1cccc(CCCN2CCOCC2)c1OCc1ccc(F)cc1Cl. The minimum atomic E-state index is -0.357. The lowest BCUT2D eigenvalue weighted by atomic mass is 10.1. The average Bonchev–Trinajstić information content (AvgIpc) is 2.68. The smallest absolute Gasteiger partial charge is 0.164 e. The van der Waals surface area contributed by atoms with Gasteiger partial charge in [0, 0.05) is 18.7 Å². The molecule has 4 nitrogen and oxygen atoms in total. The summed E-state index contributed by atoms with van der Waals surface area (Å²) >= 11 is 6.11. The second-order valence-electron chi connectivity index (χ2n) is 6.53. The molecule has 0 bridgehead atoms. The van der Waals surface area contributed by atoms with Crippen molar-refractivity contribution in [2.75, 3.05) is 40.0 Å². The van der Waals surface area contributed by atoms with Crippen molar-refractivity contribution in [2.45, 2.75) is 19.4 Å². The van der Waals surface area contributed by atoms with E-state index < -0.39 is 0 Å². The lowest BCUT2D eigenvalue weighted by Crippen LogP contribution is -2.36. The Morgan fingerprint density at radius 2 is 1.96 bits per heavy atom. The molecule has 0 atom stereocenters. The number of hydrogen-bond acceptors (Lipinski definition) is 4. The van der Waals surface area contributed by atoms with E-state index in [1.807, 2.05) is 12.1 Å². The number of nitrogens with zero attached hydrogens (tertiary/aromatic N) is 1. The molecule has 0 unspecified atom stereocenters. The summed E-state index contributed by atoms with van der Waals surface area (Å²) in [7, 11) is 1.63. The average molecular weight is 394 g/mol.